The summed E-state index contributed by atoms with van der Waals surface area (Å²) < 4.78 is 30.6. The van der Waals surface area contributed by atoms with Crippen LogP contribution < -0.4 is 15.8 Å². The number of ether oxygens (including phenoxy) is 1. The third-order valence-electron chi connectivity index (χ3n) is 2.45. The summed E-state index contributed by atoms with van der Waals surface area (Å²) in [5, 5.41) is 2.58. The zero-order valence-electron chi connectivity index (χ0n) is 11.4. The Morgan fingerprint density at radius 1 is 1.35 bits per heavy atom. The van der Waals surface area contributed by atoms with Gasteiger partial charge >= 0.3 is 0 Å². The van der Waals surface area contributed by atoms with Gasteiger partial charge in [0.1, 0.15) is 6.04 Å². The fraction of sp³-hybridized carbons (Fsp3) is 0.417. The van der Waals surface area contributed by atoms with Gasteiger partial charge in [0.15, 0.2) is 0 Å². The smallest absolute Gasteiger partial charge is 0.243 e. The van der Waals surface area contributed by atoms with Crippen LogP contribution in [0.4, 0.5) is 5.69 Å². The van der Waals surface area contributed by atoms with E-state index >= 15 is 0 Å². The first-order chi connectivity index (χ1) is 9.40. The van der Waals surface area contributed by atoms with Gasteiger partial charge in [0, 0.05) is 19.3 Å². The topological polar surface area (TPSA) is 111 Å². The predicted octanol–water partition coefficient (Wildman–Crippen LogP) is -0.103. The number of hydrogen-bond acceptors (Lipinski definition) is 5. The van der Waals surface area contributed by atoms with Crippen molar-refractivity contribution in [2.45, 2.75) is 17.9 Å². The highest BCUT2D eigenvalue weighted by Gasteiger charge is 2.15. The number of nitrogens with one attached hydrogen (secondary N) is 2. The molecule has 1 rings (SSSR count). The van der Waals surface area contributed by atoms with Crippen molar-refractivity contribution >= 4 is 21.6 Å². The van der Waals surface area contributed by atoms with Gasteiger partial charge in [-0.25, -0.2) is 13.1 Å². The lowest BCUT2D eigenvalue weighted by molar-refractivity contribution is -0.118. The summed E-state index contributed by atoms with van der Waals surface area (Å²) in [4.78, 5) is 11.8. The van der Waals surface area contributed by atoms with Crippen molar-refractivity contribution in [3.05, 3.63) is 24.3 Å². The molecule has 0 aromatic heterocycles. The van der Waals surface area contributed by atoms with Crippen LogP contribution in [0.3, 0.4) is 0 Å². The Morgan fingerprint density at radius 3 is 2.45 bits per heavy atom. The minimum Gasteiger partial charge on any atom is -0.383 e. The van der Waals surface area contributed by atoms with Crippen molar-refractivity contribution in [2.75, 3.05) is 25.6 Å². The zero-order valence-corrected chi connectivity index (χ0v) is 12.2. The van der Waals surface area contributed by atoms with Gasteiger partial charge in [0.25, 0.3) is 0 Å². The first kappa shape index (κ1) is 16.6. The van der Waals surface area contributed by atoms with Crippen molar-refractivity contribution in [1.29, 1.82) is 0 Å². The van der Waals surface area contributed by atoms with Crippen LogP contribution in [0, 0.1) is 0 Å². The number of carbonyl (C=O) groups is 1. The molecule has 8 heteroatoms. The van der Waals surface area contributed by atoms with Gasteiger partial charge in [0.2, 0.25) is 15.9 Å². The number of amides is 1. The molecule has 1 unspecified atom stereocenters. The summed E-state index contributed by atoms with van der Waals surface area (Å²) in [5.74, 6) is -0.394. The lowest BCUT2D eigenvalue weighted by Gasteiger charge is -2.11. The second kappa shape index (κ2) is 7.34. The lowest BCUT2D eigenvalue weighted by atomic mass is 10.2. The summed E-state index contributed by atoms with van der Waals surface area (Å²) in [7, 11) is -2.04. The summed E-state index contributed by atoms with van der Waals surface area (Å²) >= 11 is 0. The van der Waals surface area contributed by atoms with Crippen LogP contribution in [0.15, 0.2) is 29.2 Å². The number of hydrogen-bond donors (Lipinski definition) is 3. The molecule has 0 heterocycles. The number of sulfonamides is 1. The Bertz CT molecular complexity index is 542. The van der Waals surface area contributed by atoms with Crippen LogP contribution in [0.25, 0.3) is 0 Å². The second-order valence-electron chi connectivity index (χ2n) is 4.08. The van der Waals surface area contributed by atoms with E-state index < -0.39 is 22.0 Å². The van der Waals surface area contributed by atoms with E-state index in [1.54, 1.807) is 6.92 Å². The molecule has 0 aliphatic rings. The van der Waals surface area contributed by atoms with Gasteiger partial charge in [-0.1, -0.05) is 6.92 Å². The van der Waals surface area contributed by atoms with Crippen LogP contribution in [0.1, 0.15) is 6.92 Å². The molecule has 1 aromatic rings. The van der Waals surface area contributed by atoms with E-state index in [2.05, 4.69) is 10.0 Å². The van der Waals surface area contributed by atoms with Crippen molar-refractivity contribution in [1.82, 2.24) is 4.72 Å². The van der Waals surface area contributed by atoms with Crippen molar-refractivity contribution in [3.63, 3.8) is 0 Å². The van der Waals surface area contributed by atoms with Gasteiger partial charge < -0.3 is 15.8 Å². The van der Waals surface area contributed by atoms with E-state index in [1.165, 1.54) is 31.4 Å². The molecule has 20 heavy (non-hydrogen) atoms. The van der Waals surface area contributed by atoms with Gasteiger partial charge in [-0.2, -0.15) is 0 Å². The van der Waals surface area contributed by atoms with Crippen LogP contribution >= 0.6 is 0 Å². The molecular weight excluding hydrogens is 282 g/mol. The minimum absolute atomic E-state index is 0.110. The number of nitrogens with two attached hydrogens (primary N) is 1. The van der Waals surface area contributed by atoms with Crippen molar-refractivity contribution in [3.8, 4) is 0 Å². The molecule has 0 aliphatic carbocycles. The van der Waals surface area contributed by atoms with Crippen LogP contribution in [0.5, 0.6) is 0 Å². The summed E-state index contributed by atoms with van der Waals surface area (Å²) in [5.41, 5.74) is 6.04. The van der Waals surface area contributed by atoms with E-state index in [-0.39, 0.29) is 11.5 Å². The van der Waals surface area contributed by atoms with Gasteiger partial charge in [-0.15, -0.1) is 0 Å². The SMILES string of the molecule is CCNS(=O)(=O)c1ccc(NC(=O)C(N)COC)cc1. The highest BCUT2D eigenvalue weighted by Crippen LogP contribution is 2.14. The number of benzene rings is 1. The summed E-state index contributed by atoms with van der Waals surface area (Å²) in [6.07, 6.45) is 0. The standard InChI is InChI=1S/C12H19N3O4S/c1-3-14-20(17,18)10-6-4-9(5-7-10)15-12(16)11(13)8-19-2/h4-7,11,14H,3,8,13H2,1-2H3,(H,15,16). The molecule has 0 aliphatic heterocycles. The maximum Gasteiger partial charge on any atom is 0.243 e. The predicted molar refractivity (Wildman–Crippen MR) is 75.8 cm³/mol. The van der Waals surface area contributed by atoms with E-state index in [4.69, 9.17) is 10.5 Å². The monoisotopic (exact) mass is 301 g/mol. The molecule has 0 saturated heterocycles. The molecular formula is C12H19N3O4S. The Balaban J connectivity index is 2.75. The van der Waals surface area contributed by atoms with Crippen LogP contribution in [-0.2, 0) is 19.6 Å². The summed E-state index contributed by atoms with van der Waals surface area (Å²) in [6, 6.07) is 5.05. The molecule has 1 aromatic carbocycles. The highest BCUT2D eigenvalue weighted by molar-refractivity contribution is 7.89. The number of methoxy groups -OCH3 is 1. The van der Waals surface area contributed by atoms with E-state index in [0.29, 0.717) is 12.2 Å². The molecule has 1 amide bonds. The van der Waals surface area contributed by atoms with E-state index in [9.17, 15) is 13.2 Å². The fourth-order valence-corrected chi connectivity index (χ4v) is 2.52. The first-order valence-electron chi connectivity index (χ1n) is 6.05. The van der Waals surface area contributed by atoms with Gasteiger partial charge in [0.05, 0.1) is 11.5 Å². The molecule has 0 saturated carbocycles. The number of carbonyl (C=O) groups excluding carboxylic acids is 1. The summed E-state index contributed by atoms with van der Waals surface area (Å²) in [6.45, 7) is 2.12. The first-order valence-corrected chi connectivity index (χ1v) is 7.54. The highest BCUT2D eigenvalue weighted by atomic mass is 32.2. The maximum absolute atomic E-state index is 11.7. The third-order valence-corrected chi connectivity index (χ3v) is 4.01. The lowest BCUT2D eigenvalue weighted by Crippen LogP contribution is -2.39. The number of rotatable bonds is 7. The maximum atomic E-state index is 11.7. The van der Waals surface area contributed by atoms with E-state index in [1.807, 2.05) is 0 Å². The quantitative estimate of drug-likeness (QED) is 0.651. The van der Waals surface area contributed by atoms with Crippen LogP contribution in [0.2, 0.25) is 0 Å². The zero-order chi connectivity index (χ0) is 15.2. The Kier molecular flexibility index (Phi) is 6.08. The third kappa shape index (κ3) is 4.57. The molecule has 0 bridgehead atoms. The molecule has 0 fully saturated rings. The largest absolute Gasteiger partial charge is 0.383 e. The van der Waals surface area contributed by atoms with Crippen molar-refractivity contribution in [2.24, 2.45) is 5.73 Å². The van der Waals surface area contributed by atoms with Crippen molar-refractivity contribution < 1.29 is 17.9 Å². The number of anilines is 1. The molecule has 7 nitrogen and oxygen atoms in total. The molecule has 4 N–H and O–H groups in total. The average molecular weight is 301 g/mol. The molecule has 0 radical (unpaired) electrons. The molecule has 0 spiro atoms. The Labute approximate surface area is 118 Å². The minimum atomic E-state index is -3.49. The average Bonchev–Trinajstić information content (AvgIpc) is 2.39. The van der Waals surface area contributed by atoms with Gasteiger partial charge in [-0.3, -0.25) is 4.79 Å². The fourth-order valence-electron chi connectivity index (χ4n) is 1.48. The molecule has 112 valence electrons. The Morgan fingerprint density at radius 2 is 1.95 bits per heavy atom. The normalized spacial score (nSPS) is 12.9. The van der Waals surface area contributed by atoms with Gasteiger partial charge in [-0.05, 0) is 24.3 Å². The Hall–Kier alpha value is -1.48. The van der Waals surface area contributed by atoms with Crippen LogP contribution in [-0.4, -0.2) is 40.6 Å². The molecule has 1 atom stereocenters. The van der Waals surface area contributed by atoms with E-state index in [0.717, 1.165) is 0 Å². The second-order valence-corrected chi connectivity index (χ2v) is 5.84.